The Kier molecular flexibility index (Phi) is 21.4. The topological polar surface area (TPSA) is 151 Å². The minimum atomic E-state index is 0.225. The number of hydrogen-bond donors (Lipinski definition) is 7. The van der Waals surface area contributed by atoms with Crippen LogP contribution in [-0.2, 0) is 0 Å². The molecule has 0 radical (unpaired) electrons. The number of ether oxygens (including phenoxy) is 3. The molecule has 79 heavy (non-hydrogen) atoms. The van der Waals surface area contributed by atoms with E-state index in [4.69, 9.17) is 64.0 Å². The number of halogens is 3. The van der Waals surface area contributed by atoms with Gasteiger partial charge >= 0.3 is 0 Å². The lowest BCUT2D eigenvalue weighted by Gasteiger charge is -2.23. The van der Waals surface area contributed by atoms with Crippen LogP contribution in [0.25, 0.3) is 65.4 Å². The second-order valence-electron chi connectivity index (χ2n) is 20.2. The van der Waals surface area contributed by atoms with Crippen molar-refractivity contribution in [2.45, 2.75) is 70.3 Å². The van der Waals surface area contributed by atoms with Gasteiger partial charge < -0.3 is 51.4 Å². The summed E-state index contributed by atoms with van der Waals surface area (Å²) in [5.74, 6) is 2.42. The molecule has 0 amide bonds. The van der Waals surface area contributed by atoms with Gasteiger partial charge in [-0.05, 0) is 213 Å². The van der Waals surface area contributed by atoms with E-state index in [0.717, 1.165) is 217 Å². The number of methoxy groups -OCH3 is 3. The fraction of sp³-hybridized carbons (Fsp3) is 0.381. The van der Waals surface area contributed by atoms with Gasteiger partial charge in [-0.3, -0.25) is 0 Å². The van der Waals surface area contributed by atoms with Crippen LogP contribution in [0, 0.1) is 0 Å². The Hall–Kier alpha value is -6.16. The van der Waals surface area contributed by atoms with E-state index >= 15 is 0 Å². The number of benzene rings is 6. The highest BCUT2D eigenvalue weighted by atomic mass is 35.5. The third kappa shape index (κ3) is 15.6. The largest absolute Gasteiger partial charge is 0.497 e. The van der Waals surface area contributed by atoms with Crippen LogP contribution in [0.1, 0.15) is 64.2 Å². The number of rotatable bonds is 33. The SMILES string of the molecule is COc1ccc2nc3cc(Cl)ccc3c(NCCCNCCCCCNCCC(CCNCCCCCNCCCNc3c4ccc(Cl)cc4nc4ccc(OC)cc34)Nc3c4ccc(Cl)cc4nc4ccc(OC)cc34)c2c1. The zero-order chi connectivity index (χ0) is 54.8. The summed E-state index contributed by atoms with van der Waals surface area (Å²) >= 11 is 19.2. The Bertz CT molecular complexity index is 3300. The van der Waals surface area contributed by atoms with E-state index < -0.39 is 0 Å². The summed E-state index contributed by atoms with van der Waals surface area (Å²) in [6.45, 7) is 9.42. The summed E-state index contributed by atoms with van der Waals surface area (Å²) in [5, 5.41) is 34.6. The monoisotopic (exact) mass is 1120 g/mol. The van der Waals surface area contributed by atoms with E-state index in [1.54, 1.807) is 21.3 Å². The van der Waals surface area contributed by atoms with Crippen molar-refractivity contribution in [3.05, 3.63) is 124 Å². The van der Waals surface area contributed by atoms with Crippen molar-refractivity contribution in [1.82, 2.24) is 36.2 Å². The molecule has 16 heteroatoms. The summed E-state index contributed by atoms with van der Waals surface area (Å²) in [4.78, 5) is 14.7. The molecule has 13 nitrogen and oxygen atoms in total. The molecule has 0 spiro atoms. The van der Waals surface area contributed by atoms with Gasteiger partial charge in [-0.25, -0.2) is 15.0 Å². The average Bonchev–Trinajstić information content (AvgIpc) is 3.49. The second kappa shape index (κ2) is 29.3. The Morgan fingerprint density at radius 1 is 0.342 bits per heavy atom. The molecule has 9 rings (SSSR count). The van der Waals surface area contributed by atoms with Gasteiger partial charge in [-0.15, -0.1) is 0 Å². The van der Waals surface area contributed by atoms with E-state index in [9.17, 15) is 0 Å². The molecule has 0 aliphatic rings. The number of aromatic nitrogens is 3. The van der Waals surface area contributed by atoms with Gasteiger partial charge in [0.1, 0.15) is 17.2 Å². The Balaban J connectivity index is 0.685. The van der Waals surface area contributed by atoms with Crippen molar-refractivity contribution in [2.75, 3.05) is 103 Å². The summed E-state index contributed by atoms with van der Waals surface area (Å²) in [7, 11) is 5.09. The molecule has 3 heterocycles. The first kappa shape index (κ1) is 57.5. The maximum absolute atomic E-state index is 6.50. The first-order valence-corrected chi connectivity index (χ1v) is 29.2. The highest BCUT2D eigenvalue weighted by Gasteiger charge is 2.17. The van der Waals surface area contributed by atoms with Gasteiger partial charge in [0.05, 0.1) is 71.5 Å². The van der Waals surface area contributed by atoms with Crippen molar-refractivity contribution >= 4 is 117 Å². The van der Waals surface area contributed by atoms with E-state index in [-0.39, 0.29) is 6.04 Å². The van der Waals surface area contributed by atoms with Crippen LogP contribution in [0.4, 0.5) is 17.1 Å². The van der Waals surface area contributed by atoms with Crippen LogP contribution in [0.15, 0.2) is 109 Å². The summed E-state index contributed by atoms with van der Waals surface area (Å²) in [5.41, 5.74) is 8.57. The van der Waals surface area contributed by atoms with Gasteiger partial charge in [0.15, 0.2) is 0 Å². The van der Waals surface area contributed by atoms with Crippen molar-refractivity contribution in [2.24, 2.45) is 0 Å². The minimum absolute atomic E-state index is 0.225. The van der Waals surface area contributed by atoms with E-state index in [2.05, 4.69) is 61.5 Å². The molecular formula is C63H75Cl3N10O3. The Morgan fingerprint density at radius 2 is 0.684 bits per heavy atom. The zero-order valence-corrected chi connectivity index (χ0v) is 48.1. The molecule has 9 aromatic rings. The second-order valence-corrected chi connectivity index (χ2v) is 21.5. The standard InChI is InChI=1S/C63H75Cl3N10O3/c1-77-46-15-21-55-52(39-46)61(49-18-12-42(64)36-58(49)74-55)71-32-10-30-67-26-6-4-8-28-69-34-24-45(73-63-51-20-14-44(66)38-60(51)76-57-23-17-48(79-3)41-54(57)63)25-35-70-29-9-5-7-27-68-31-11-33-72-62-50-19-13-43(65)37-59(50)75-56-22-16-47(78-2)40-53(56)62/h12-23,36-41,45,67-70H,4-11,24-35H2,1-3H3,(H,71,74)(H,72,75)(H,73,76). The zero-order valence-electron chi connectivity index (χ0n) is 45.8. The first-order chi connectivity index (χ1) is 38.8. The molecule has 7 N–H and O–H groups in total. The summed E-state index contributed by atoms with van der Waals surface area (Å²) < 4.78 is 16.8. The van der Waals surface area contributed by atoms with Gasteiger partial charge in [-0.1, -0.05) is 47.6 Å². The van der Waals surface area contributed by atoms with Crippen LogP contribution in [0.2, 0.25) is 15.1 Å². The molecule has 0 bridgehead atoms. The number of pyridine rings is 3. The van der Waals surface area contributed by atoms with Crippen molar-refractivity contribution in [1.29, 1.82) is 0 Å². The lowest BCUT2D eigenvalue weighted by Crippen LogP contribution is -2.30. The molecule has 0 saturated heterocycles. The highest BCUT2D eigenvalue weighted by molar-refractivity contribution is 6.32. The Morgan fingerprint density at radius 3 is 1.06 bits per heavy atom. The van der Waals surface area contributed by atoms with Gasteiger partial charge in [0, 0.05) is 66.5 Å². The minimum Gasteiger partial charge on any atom is -0.497 e. The number of hydrogen-bond acceptors (Lipinski definition) is 13. The van der Waals surface area contributed by atoms with Crippen LogP contribution < -0.4 is 51.4 Å². The number of anilines is 3. The lowest BCUT2D eigenvalue weighted by atomic mass is 10.0. The van der Waals surface area contributed by atoms with E-state index in [0.29, 0.717) is 15.1 Å². The first-order valence-electron chi connectivity index (χ1n) is 28.1. The average molecular weight is 1130 g/mol. The molecule has 0 unspecified atom stereocenters. The predicted molar refractivity (Wildman–Crippen MR) is 334 cm³/mol. The number of fused-ring (bicyclic) bond motifs is 6. The van der Waals surface area contributed by atoms with Crippen molar-refractivity contribution < 1.29 is 14.2 Å². The molecule has 0 fully saturated rings. The molecule has 0 aliphatic carbocycles. The molecular weight excluding hydrogens is 1050 g/mol. The van der Waals surface area contributed by atoms with Gasteiger partial charge in [0.2, 0.25) is 0 Å². The highest BCUT2D eigenvalue weighted by Crippen LogP contribution is 2.38. The van der Waals surface area contributed by atoms with Crippen molar-refractivity contribution in [3.63, 3.8) is 0 Å². The molecule has 0 aliphatic heterocycles. The van der Waals surface area contributed by atoms with Crippen LogP contribution in [0.3, 0.4) is 0 Å². The summed E-state index contributed by atoms with van der Waals surface area (Å²) in [6.07, 6.45) is 10.9. The predicted octanol–water partition coefficient (Wildman–Crippen LogP) is 14.0. The van der Waals surface area contributed by atoms with E-state index in [1.807, 2.05) is 84.9 Å². The molecule has 3 aromatic heterocycles. The third-order valence-electron chi connectivity index (χ3n) is 14.6. The maximum Gasteiger partial charge on any atom is 0.119 e. The fourth-order valence-corrected chi connectivity index (χ4v) is 10.9. The lowest BCUT2D eigenvalue weighted by molar-refractivity contribution is 0.415. The maximum atomic E-state index is 6.50. The molecule has 6 aromatic carbocycles. The van der Waals surface area contributed by atoms with Crippen molar-refractivity contribution in [3.8, 4) is 17.2 Å². The molecule has 416 valence electrons. The van der Waals surface area contributed by atoms with E-state index in [1.165, 1.54) is 12.8 Å². The number of nitrogens with zero attached hydrogens (tertiary/aromatic N) is 3. The third-order valence-corrected chi connectivity index (χ3v) is 15.3. The van der Waals surface area contributed by atoms with Crippen LogP contribution in [0.5, 0.6) is 17.2 Å². The quantitative estimate of drug-likeness (QED) is 0.0155. The molecule has 0 atom stereocenters. The van der Waals surface area contributed by atoms with Gasteiger partial charge in [-0.2, -0.15) is 0 Å². The number of nitrogens with one attached hydrogen (secondary N) is 7. The molecule has 0 saturated carbocycles. The number of unbranched alkanes of at least 4 members (excludes halogenated alkanes) is 4. The van der Waals surface area contributed by atoms with Crippen LogP contribution in [-0.4, -0.2) is 108 Å². The van der Waals surface area contributed by atoms with Crippen LogP contribution >= 0.6 is 34.8 Å². The fourth-order valence-electron chi connectivity index (χ4n) is 10.4. The van der Waals surface area contributed by atoms with Gasteiger partial charge in [0.25, 0.3) is 0 Å². The normalized spacial score (nSPS) is 11.7. The summed E-state index contributed by atoms with van der Waals surface area (Å²) in [6, 6.07) is 36.1. The Labute approximate surface area is 479 Å². The smallest absolute Gasteiger partial charge is 0.119 e.